The van der Waals surface area contributed by atoms with Crippen molar-refractivity contribution in [2.45, 2.75) is 4.90 Å². The van der Waals surface area contributed by atoms with E-state index in [4.69, 9.17) is 15.2 Å². The van der Waals surface area contributed by atoms with Crippen LogP contribution in [0.3, 0.4) is 0 Å². The van der Waals surface area contributed by atoms with Crippen molar-refractivity contribution in [1.82, 2.24) is 0 Å². The summed E-state index contributed by atoms with van der Waals surface area (Å²) < 4.78 is 22.4. The van der Waals surface area contributed by atoms with Gasteiger partial charge in [0.25, 0.3) is 0 Å². The van der Waals surface area contributed by atoms with Crippen molar-refractivity contribution in [3.63, 3.8) is 0 Å². The van der Waals surface area contributed by atoms with Gasteiger partial charge in [0.1, 0.15) is 13.2 Å². The van der Waals surface area contributed by atoms with Crippen LogP contribution in [0.4, 0.5) is 0 Å². The Hall–Kier alpha value is -1.07. The topological polar surface area (TPSA) is 61.6 Å². The molecule has 1 atom stereocenters. The van der Waals surface area contributed by atoms with Crippen LogP contribution in [0.15, 0.2) is 23.1 Å². The van der Waals surface area contributed by atoms with Crippen LogP contribution in [0.25, 0.3) is 0 Å². The van der Waals surface area contributed by atoms with Crippen LogP contribution >= 0.6 is 0 Å². The summed E-state index contributed by atoms with van der Waals surface area (Å²) in [7, 11) is -1.04. The van der Waals surface area contributed by atoms with E-state index in [-0.39, 0.29) is 0 Å². The molecule has 5 heteroatoms. The van der Waals surface area contributed by atoms with Crippen LogP contribution in [0.2, 0.25) is 0 Å². The van der Waals surface area contributed by atoms with Gasteiger partial charge in [0.05, 0.1) is 10.8 Å². The molecule has 2 rings (SSSR count). The molecule has 0 saturated carbocycles. The van der Waals surface area contributed by atoms with Crippen LogP contribution in [0.1, 0.15) is 0 Å². The first-order valence-electron chi connectivity index (χ1n) is 4.79. The van der Waals surface area contributed by atoms with Crippen LogP contribution < -0.4 is 15.2 Å². The molecule has 1 aromatic rings. The first-order valence-corrected chi connectivity index (χ1v) is 6.11. The molecule has 0 saturated heterocycles. The van der Waals surface area contributed by atoms with Crippen molar-refractivity contribution in [1.29, 1.82) is 0 Å². The number of nitrogens with two attached hydrogens (primary N) is 1. The molecule has 0 aromatic heterocycles. The third kappa shape index (κ3) is 2.30. The zero-order chi connectivity index (χ0) is 10.7. The minimum Gasteiger partial charge on any atom is -0.486 e. The highest BCUT2D eigenvalue weighted by Gasteiger charge is 2.13. The minimum absolute atomic E-state index is 0.418. The Morgan fingerprint density at radius 3 is 2.73 bits per heavy atom. The molecule has 0 spiro atoms. The van der Waals surface area contributed by atoms with Crippen LogP contribution in [0.5, 0.6) is 11.5 Å². The largest absolute Gasteiger partial charge is 0.486 e. The highest BCUT2D eigenvalue weighted by molar-refractivity contribution is 7.85. The predicted octanol–water partition coefficient (Wildman–Crippen LogP) is 0.524. The van der Waals surface area contributed by atoms with E-state index in [1.165, 1.54) is 0 Å². The molecule has 1 unspecified atom stereocenters. The maximum Gasteiger partial charge on any atom is 0.162 e. The van der Waals surface area contributed by atoms with E-state index in [2.05, 4.69) is 0 Å². The Labute approximate surface area is 90.8 Å². The Morgan fingerprint density at radius 2 is 2.00 bits per heavy atom. The molecule has 2 N–H and O–H groups in total. The zero-order valence-electron chi connectivity index (χ0n) is 8.27. The summed E-state index contributed by atoms with van der Waals surface area (Å²) in [4.78, 5) is 0.740. The monoisotopic (exact) mass is 227 g/mol. The van der Waals surface area contributed by atoms with E-state index in [0.29, 0.717) is 31.3 Å². The van der Waals surface area contributed by atoms with Crippen molar-refractivity contribution < 1.29 is 13.7 Å². The Balaban J connectivity index is 2.24. The van der Waals surface area contributed by atoms with Gasteiger partial charge in [0, 0.05) is 23.3 Å². The maximum atomic E-state index is 11.7. The Morgan fingerprint density at radius 1 is 1.27 bits per heavy atom. The number of rotatable bonds is 3. The fourth-order valence-electron chi connectivity index (χ4n) is 1.39. The number of hydrogen-bond donors (Lipinski definition) is 1. The summed E-state index contributed by atoms with van der Waals surface area (Å²) in [5, 5.41) is 0. The van der Waals surface area contributed by atoms with Gasteiger partial charge < -0.3 is 15.2 Å². The molecule has 15 heavy (non-hydrogen) atoms. The molecule has 1 aliphatic rings. The molecule has 0 aliphatic carbocycles. The second-order valence-corrected chi connectivity index (χ2v) is 4.71. The molecule has 82 valence electrons. The second-order valence-electron chi connectivity index (χ2n) is 3.14. The lowest BCUT2D eigenvalue weighted by Gasteiger charge is -2.18. The number of ether oxygens (including phenoxy) is 2. The van der Waals surface area contributed by atoms with Gasteiger partial charge in [-0.05, 0) is 12.1 Å². The molecular formula is C10H13NO3S. The minimum atomic E-state index is -1.04. The van der Waals surface area contributed by atoms with Gasteiger partial charge in [0.2, 0.25) is 0 Å². The van der Waals surface area contributed by atoms with Gasteiger partial charge in [-0.15, -0.1) is 0 Å². The first-order chi connectivity index (χ1) is 7.31. The third-order valence-electron chi connectivity index (χ3n) is 2.08. The zero-order valence-corrected chi connectivity index (χ0v) is 9.09. The highest BCUT2D eigenvalue weighted by Crippen LogP contribution is 2.31. The second kappa shape index (κ2) is 4.63. The molecule has 4 nitrogen and oxygen atoms in total. The Bertz CT molecular complexity index is 381. The average Bonchev–Trinajstić information content (AvgIpc) is 2.29. The van der Waals surface area contributed by atoms with Gasteiger partial charge >= 0.3 is 0 Å². The van der Waals surface area contributed by atoms with Crippen molar-refractivity contribution >= 4 is 10.8 Å². The van der Waals surface area contributed by atoms with Crippen molar-refractivity contribution in [3.05, 3.63) is 18.2 Å². The standard InChI is InChI=1S/C10H13NO3S/c11-3-6-15(12)8-1-2-9-10(7-8)14-5-4-13-9/h1-2,7H,3-6,11H2. The molecule has 1 heterocycles. The van der Waals surface area contributed by atoms with E-state index < -0.39 is 10.8 Å². The van der Waals surface area contributed by atoms with Crippen molar-refractivity contribution in [3.8, 4) is 11.5 Å². The SMILES string of the molecule is NCCS(=O)c1ccc2c(c1)OCCO2. The quantitative estimate of drug-likeness (QED) is 0.818. The lowest BCUT2D eigenvalue weighted by Crippen LogP contribution is -2.16. The first kappa shape index (κ1) is 10.4. The van der Waals surface area contributed by atoms with E-state index in [0.717, 1.165) is 10.6 Å². The lowest BCUT2D eigenvalue weighted by molar-refractivity contribution is 0.171. The van der Waals surface area contributed by atoms with E-state index >= 15 is 0 Å². The molecular weight excluding hydrogens is 214 g/mol. The molecule has 0 amide bonds. The van der Waals surface area contributed by atoms with Gasteiger partial charge in [-0.2, -0.15) is 0 Å². The van der Waals surface area contributed by atoms with Gasteiger partial charge in [-0.25, -0.2) is 0 Å². The predicted molar refractivity (Wildman–Crippen MR) is 57.8 cm³/mol. The van der Waals surface area contributed by atoms with Crippen molar-refractivity contribution in [2.24, 2.45) is 5.73 Å². The summed E-state index contributed by atoms with van der Waals surface area (Å²) in [6.07, 6.45) is 0. The normalized spacial score (nSPS) is 16.1. The van der Waals surface area contributed by atoms with Crippen molar-refractivity contribution in [2.75, 3.05) is 25.5 Å². The lowest BCUT2D eigenvalue weighted by atomic mass is 10.3. The fraction of sp³-hybridized carbons (Fsp3) is 0.400. The summed E-state index contributed by atoms with van der Waals surface area (Å²) in [5.41, 5.74) is 5.36. The summed E-state index contributed by atoms with van der Waals surface area (Å²) in [6.45, 7) is 1.53. The van der Waals surface area contributed by atoms with Crippen LogP contribution in [-0.4, -0.2) is 29.7 Å². The summed E-state index contributed by atoms with van der Waals surface area (Å²) in [5.74, 6) is 1.86. The average molecular weight is 227 g/mol. The highest BCUT2D eigenvalue weighted by atomic mass is 32.2. The molecule has 0 bridgehead atoms. The smallest absolute Gasteiger partial charge is 0.162 e. The fourth-order valence-corrected chi connectivity index (χ4v) is 2.30. The number of fused-ring (bicyclic) bond motifs is 1. The number of hydrogen-bond acceptors (Lipinski definition) is 4. The van der Waals surface area contributed by atoms with Gasteiger partial charge in [0.15, 0.2) is 11.5 Å². The third-order valence-corrected chi connectivity index (χ3v) is 3.47. The molecule has 0 radical (unpaired) electrons. The van der Waals surface area contributed by atoms with Crippen LogP contribution in [0, 0.1) is 0 Å². The number of benzene rings is 1. The molecule has 1 aliphatic heterocycles. The van der Waals surface area contributed by atoms with Crippen LogP contribution in [-0.2, 0) is 10.8 Å². The Kier molecular flexibility index (Phi) is 3.23. The molecule has 0 fully saturated rings. The molecule has 1 aromatic carbocycles. The summed E-state index contributed by atoms with van der Waals surface area (Å²) >= 11 is 0. The van der Waals surface area contributed by atoms with Gasteiger partial charge in [-0.3, -0.25) is 4.21 Å². The van der Waals surface area contributed by atoms with E-state index in [1.54, 1.807) is 18.2 Å². The van der Waals surface area contributed by atoms with E-state index in [1.807, 2.05) is 0 Å². The van der Waals surface area contributed by atoms with Gasteiger partial charge in [-0.1, -0.05) is 0 Å². The maximum absolute atomic E-state index is 11.7. The van der Waals surface area contributed by atoms with E-state index in [9.17, 15) is 4.21 Å². The summed E-state index contributed by atoms with van der Waals surface area (Å²) in [6, 6.07) is 5.35.